The number of hydrogen-bond donors (Lipinski definition) is 1. The molecule has 1 nitrogen and oxygen atoms in total. The second-order valence-electron chi connectivity index (χ2n) is 4.54. The Morgan fingerprint density at radius 3 is 2.56 bits per heavy atom. The minimum Gasteiger partial charge on any atom is -0.312 e. The molecule has 1 aromatic heterocycles. The number of rotatable bonds is 4. The molecule has 1 unspecified atom stereocenters. The molecule has 0 saturated heterocycles. The van der Waals surface area contributed by atoms with Gasteiger partial charge in [0.2, 0.25) is 0 Å². The van der Waals surface area contributed by atoms with E-state index in [2.05, 4.69) is 31.3 Å². The normalized spacial score (nSPS) is 12.7. The molecular weight excluding hydrogens is 262 g/mol. The highest BCUT2D eigenvalue weighted by Gasteiger charge is 2.16. The van der Waals surface area contributed by atoms with E-state index in [1.807, 2.05) is 36.6 Å². The minimum atomic E-state index is 0.337. The fourth-order valence-electron chi connectivity index (χ4n) is 2.22. The highest BCUT2D eigenvalue weighted by molar-refractivity contribution is 7.12. The van der Waals surface area contributed by atoms with Crippen molar-refractivity contribution in [3.05, 3.63) is 56.2 Å². The van der Waals surface area contributed by atoms with Gasteiger partial charge in [0, 0.05) is 20.8 Å². The molecule has 1 aromatic carbocycles. The molecule has 0 saturated carbocycles. The Hall–Kier alpha value is -0.830. The molecular formula is C15H18ClNS. The van der Waals surface area contributed by atoms with Crippen LogP contribution < -0.4 is 5.32 Å². The first-order valence-corrected chi connectivity index (χ1v) is 7.29. The number of hydrogen-bond acceptors (Lipinski definition) is 2. The molecule has 0 aliphatic heterocycles. The number of aryl methyl sites for hydroxylation is 2. The van der Waals surface area contributed by atoms with Crippen LogP contribution in [-0.2, 0) is 6.42 Å². The molecule has 0 fully saturated rings. The van der Waals surface area contributed by atoms with E-state index in [0.29, 0.717) is 6.04 Å². The fourth-order valence-corrected chi connectivity index (χ4v) is 3.57. The molecule has 0 bridgehead atoms. The van der Waals surface area contributed by atoms with Gasteiger partial charge in [0.25, 0.3) is 0 Å². The van der Waals surface area contributed by atoms with Gasteiger partial charge in [-0.15, -0.1) is 11.3 Å². The lowest BCUT2D eigenvalue weighted by molar-refractivity contribution is 0.599. The van der Waals surface area contributed by atoms with Crippen LogP contribution in [0.25, 0.3) is 0 Å². The number of likely N-dealkylation sites (N-methyl/N-ethyl adjacent to an activating group) is 1. The van der Waals surface area contributed by atoms with E-state index in [1.165, 1.54) is 20.9 Å². The second kappa shape index (κ2) is 5.87. The Kier molecular flexibility index (Phi) is 4.44. The van der Waals surface area contributed by atoms with Crippen molar-refractivity contribution in [2.75, 3.05) is 7.05 Å². The third-order valence-corrected chi connectivity index (χ3v) is 4.76. The molecule has 2 aromatic rings. The molecule has 1 atom stereocenters. The van der Waals surface area contributed by atoms with E-state index in [4.69, 9.17) is 11.6 Å². The first kappa shape index (κ1) is 13.6. The van der Waals surface area contributed by atoms with E-state index < -0.39 is 0 Å². The van der Waals surface area contributed by atoms with E-state index >= 15 is 0 Å². The fraction of sp³-hybridized carbons (Fsp3) is 0.333. The van der Waals surface area contributed by atoms with Crippen molar-refractivity contribution >= 4 is 22.9 Å². The Morgan fingerprint density at radius 1 is 1.28 bits per heavy atom. The van der Waals surface area contributed by atoms with E-state index in [9.17, 15) is 0 Å². The van der Waals surface area contributed by atoms with Crippen LogP contribution in [0.4, 0.5) is 0 Å². The van der Waals surface area contributed by atoms with Crippen LogP contribution >= 0.6 is 22.9 Å². The maximum Gasteiger partial charge on any atom is 0.0456 e. The van der Waals surface area contributed by atoms with Gasteiger partial charge in [-0.3, -0.25) is 0 Å². The first-order chi connectivity index (χ1) is 8.61. The van der Waals surface area contributed by atoms with Gasteiger partial charge in [0.05, 0.1) is 0 Å². The summed E-state index contributed by atoms with van der Waals surface area (Å²) >= 11 is 8.10. The summed E-state index contributed by atoms with van der Waals surface area (Å²) in [5.74, 6) is 0. The molecule has 0 spiro atoms. The number of halogens is 1. The van der Waals surface area contributed by atoms with Crippen LogP contribution in [0.5, 0.6) is 0 Å². The van der Waals surface area contributed by atoms with Gasteiger partial charge in [0.1, 0.15) is 0 Å². The molecule has 0 amide bonds. The van der Waals surface area contributed by atoms with Crippen molar-refractivity contribution in [2.45, 2.75) is 26.3 Å². The van der Waals surface area contributed by atoms with Gasteiger partial charge in [-0.05, 0) is 50.6 Å². The van der Waals surface area contributed by atoms with E-state index in [0.717, 1.165) is 11.4 Å². The van der Waals surface area contributed by atoms with E-state index in [1.54, 1.807) is 0 Å². The van der Waals surface area contributed by atoms with Crippen LogP contribution in [0, 0.1) is 13.8 Å². The largest absolute Gasteiger partial charge is 0.312 e. The van der Waals surface area contributed by atoms with Gasteiger partial charge in [0.15, 0.2) is 0 Å². The molecule has 0 aliphatic rings. The monoisotopic (exact) mass is 279 g/mol. The number of benzene rings is 1. The average Bonchev–Trinajstić information content (AvgIpc) is 2.67. The van der Waals surface area contributed by atoms with Crippen molar-refractivity contribution in [1.82, 2.24) is 5.32 Å². The summed E-state index contributed by atoms with van der Waals surface area (Å²) in [6, 6.07) is 10.7. The van der Waals surface area contributed by atoms with Crippen LogP contribution in [-0.4, -0.2) is 7.05 Å². The van der Waals surface area contributed by atoms with Crippen molar-refractivity contribution in [3.8, 4) is 0 Å². The predicted octanol–water partition coefficient (Wildman–Crippen LogP) is 4.52. The smallest absolute Gasteiger partial charge is 0.0456 e. The molecule has 18 heavy (non-hydrogen) atoms. The predicted molar refractivity (Wildman–Crippen MR) is 80.7 cm³/mol. The topological polar surface area (TPSA) is 12.0 Å². The zero-order valence-corrected chi connectivity index (χ0v) is 12.5. The number of nitrogens with one attached hydrogen (secondary N) is 1. The summed E-state index contributed by atoms with van der Waals surface area (Å²) in [7, 11) is 2.01. The lowest BCUT2D eigenvalue weighted by atomic mass is 10.0. The van der Waals surface area contributed by atoms with Crippen LogP contribution in [0.15, 0.2) is 30.3 Å². The Morgan fingerprint density at radius 2 is 2.00 bits per heavy atom. The van der Waals surface area contributed by atoms with Gasteiger partial charge in [-0.2, -0.15) is 0 Å². The third kappa shape index (κ3) is 2.94. The van der Waals surface area contributed by atoms with Gasteiger partial charge in [-0.25, -0.2) is 0 Å². The SMILES string of the molecule is CNC(Cc1ccccc1Cl)c1sc(C)cc1C. The Labute approximate surface area is 118 Å². The maximum absolute atomic E-state index is 6.23. The quantitative estimate of drug-likeness (QED) is 0.868. The zero-order chi connectivity index (χ0) is 13.1. The molecule has 1 N–H and O–H groups in total. The maximum atomic E-state index is 6.23. The van der Waals surface area contributed by atoms with Crippen LogP contribution in [0.3, 0.4) is 0 Å². The minimum absolute atomic E-state index is 0.337. The van der Waals surface area contributed by atoms with Gasteiger partial charge < -0.3 is 5.32 Å². The van der Waals surface area contributed by atoms with E-state index in [-0.39, 0.29) is 0 Å². The molecule has 2 rings (SSSR count). The summed E-state index contributed by atoms with van der Waals surface area (Å²) in [4.78, 5) is 2.77. The summed E-state index contributed by atoms with van der Waals surface area (Å²) < 4.78 is 0. The highest BCUT2D eigenvalue weighted by Crippen LogP contribution is 2.30. The zero-order valence-electron chi connectivity index (χ0n) is 11.0. The van der Waals surface area contributed by atoms with Crippen molar-refractivity contribution in [3.63, 3.8) is 0 Å². The third-order valence-electron chi connectivity index (χ3n) is 3.13. The summed E-state index contributed by atoms with van der Waals surface area (Å²) in [5.41, 5.74) is 2.56. The molecule has 1 heterocycles. The Balaban J connectivity index is 2.25. The van der Waals surface area contributed by atoms with Gasteiger partial charge in [-0.1, -0.05) is 29.8 Å². The van der Waals surface area contributed by atoms with Crippen molar-refractivity contribution < 1.29 is 0 Å². The summed E-state index contributed by atoms with van der Waals surface area (Å²) in [6.45, 7) is 4.33. The Bertz CT molecular complexity index is 533. The summed E-state index contributed by atoms with van der Waals surface area (Å²) in [5, 5.41) is 4.25. The lowest BCUT2D eigenvalue weighted by Gasteiger charge is -2.16. The summed E-state index contributed by atoms with van der Waals surface area (Å²) in [6.07, 6.45) is 0.928. The van der Waals surface area contributed by atoms with Crippen molar-refractivity contribution in [1.29, 1.82) is 0 Å². The molecule has 0 aliphatic carbocycles. The van der Waals surface area contributed by atoms with Crippen molar-refractivity contribution in [2.24, 2.45) is 0 Å². The van der Waals surface area contributed by atoms with Crippen LogP contribution in [0.1, 0.15) is 26.9 Å². The average molecular weight is 280 g/mol. The van der Waals surface area contributed by atoms with Gasteiger partial charge >= 0.3 is 0 Å². The lowest BCUT2D eigenvalue weighted by Crippen LogP contribution is -2.18. The van der Waals surface area contributed by atoms with Crippen LogP contribution in [0.2, 0.25) is 5.02 Å². The molecule has 3 heteroatoms. The first-order valence-electron chi connectivity index (χ1n) is 6.09. The molecule has 96 valence electrons. The standard InChI is InChI=1S/C15H18ClNS/c1-10-8-11(2)18-15(10)14(17-3)9-12-6-4-5-7-13(12)16/h4-8,14,17H,9H2,1-3H3. The molecule has 0 radical (unpaired) electrons. The highest BCUT2D eigenvalue weighted by atomic mass is 35.5. The second-order valence-corrected chi connectivity index (χ2v) is 6.24. The number of thiophene rings is 1.